The third-order valence-electron chi connectivity index (χ3n) is 6.43. The van der Waals surface area contributed by atoms with Crippen molar-refractivity contribution < 1.29 is 33.3 Å². The SMILES string of the molecule is CCOC(=O)C[C@@H]1CCc2cc(OCCCOc3ccc(-c4nc(C)c(C(=O)OC)s4)cc3OC)ccc21. The van der Waals surface area contributed by atoms with Gasteiger partial charge in [-0.05, 0) is 74.1 Å². The molecule has 1 aromatic heterocycles. The maximum Gasteiger partial charge on any atom is 0.349 e. The summed E-state index contributed by atoms with van der Waals surface area (Å²) in [4.78, 5) is 28.8. The number of hydrogen-bond donors (Lipinski definition) is 0. The number of nitrogens with zero attached hydrogens (tertiary/aromatic N) is 1. The molecule has 0 bridgehead atoms. The summed E-state index contributed by atoms with van der Waals surface area (Å²) in [6.45, 7) is 5.01. The van der Waals surface area contributed by atoms with Crippen LogP contribution in [0.5, 0.6) is 17.2 Å². The molecule has 202 valence electrons. The molecule has 0 radical (unpaired) electrons. The molecule has 0 fully saturated rings. The van der Waals surface area contributed by atoms with Crippen molar-refractivity contribution in [2.75, 3.05) is 34.0 Å². The number of carbonyl (C=O) groups excluding carboxylic acids is 2. The van der Waals surface area contributed by atoms with Crippen molar-refractivity contribution in [2.45, 2.75) is 45.4 Å². The summed E-state index contributed by atoms with van der Waals surface area (Å²) in [5, 5.41) is 0.711. The van der Waals surface area contributed by atoms with E-state index in [2.05, 4.69) is 17.1 Å². The maximum absolute atomic E-state index is 11.9. The number of ether oxygens (including phenoxy) is 5. The molecule has 2 aromatic carbocycles. The average molecular weight is 540 g/mol. The molecular formula is C29H33NO7S. The van der Waals surface area contributed by atoms with Crippen molar-refractivity contribution in [3.05, 3.63) is 58.1 Å². The minimum atomic E-state index is -0.390. The number of aryl methyl sites for hydroxylation is 2. The van der Waals surface area contributed by atoms with Crippen LogP contribution in [0.3, 0.4) is 0 Å². The van der Waals surface area contributed by atoms with Gasteiger partial charge >= 0.3 is 11.9 Å². The second kappa shape index (κ2) is 12.8. The lowest BCUT2D eigenvalue weighted by Gasteiger charge is -2.13. The fourth-order valence-electron chi connectivity index (χ4n) is 4.56. The molecule has 0 saturated heterocycles. The molecule has 1 aliphatic rings. The first kappa shape index (κ1) is 27.4. The molecule has 1 atom stereocenters. The zero-order chi connectivity index (χ0) is 27.1. The largest absolute Gasteiger partial charge is 0.493 e. The normalized spacial score (nSPS) is 14.1. The van der Waals surface area contributed by atoms with Gasteiger partial charge in [0.2, 0.25) is 0 Å². The van der Waals surface area contributed by atoms with Gasteiger partial charge in [-0.15, -0.1) is 11.3 Å². The molecule has 0 spiro atoms. The van der Waals surface area contributed by atoms with Crippen molar-refractivity contribution >= 4 is 23.3 Å². The average Bonchev–Trinajstić information content (AvgIpc) is 3.51. The maximum atomic E-state index is 11.9. The van der Waals surface area contributed by atoms with Gasteiger partial charge in [0.05, 0.1) is 46.2 Å². The summed E-state index contributed by atoms with van der Waals surface area (Å²) >= 11 is 1.29. The van der Waals surface area contributed by atoms with Crippen LogP contribution in [0.1, 0.15) is 58.6 Å². The Hall–Kier alpha value is -3.59. The molecule has 9 heteroatoms. The van der Waals surface area contributed by atoms with Gasteiger partial charge < -0.3 is 23.7 Å². The van der Waals surface area contributed by atoms with E-state index in [0.29, 0.717) is 59.7 Å². The lowest BCUT2D eigenvalue weighted by molar-refractivity contribution is -0.143. The van der Waals surface area contributed by atoms with E-state index in [4.69, 9.17) is 23.7 Å². The Morgan fingerprint density at radius 1 is 1.05 bits per heavy atom. The Morgan fingerprint density at radius 3 is 2.63 bits per heavy atom. The number of carbonyl (C=O) groups is 2. The Labute approximate surface area is 226 Å². The predicted molar refractivity (Wildman–Crippen MR) is 145 cm³/mol. The number of benzene rings is 2. The van der Waals surface area contributed by atoms with Crippen LogP contribution in [0, 0.1) is 6.92 Å². The number of thiazole rings is 1. The van der Waals surface area contributed by atoms with Gasteiger partial charge in [-0.3, -0.25) is 4.79 Å². The second-order valence-corrected chi connectivity index (χ2v) is 9.95. The quantitative estimate of drug-likeness (QED) is 0.212. The number of methoxy groups -OCH3 is 2. The smallest absolute Gasteiger partial charge is 0.349 e. The van der Waals surface area contributed by atoms with Crippen molar-refractivity contribution in [3.63, 3.8) is 0 Å². The van der Waals surface area contributed by atoms with Crippen LogP contribution < -0.4 is 14.2 Å². The standard InChI is InChI=1S/C29H33NO7S/c1-5-35-26(31)17-20-8-7-19-15-22(10-11-23(19)20)36-13-6-14-37-24-12-9-21(16-25(24)33-3)28-30-18(2)27(38-28)29(32)34-4/h9-12,15-16,20H,5-8,13-14,17H2,1-4H3/t20-/m0/s1. The van der Waals surface area contributed by atoms with E-state index in [-0.39, 0.29) is 11.9 Å². The van der Waals surface area contributed by atoms with Crippen molar-refractivity contribution in [1.82, 2.24) is 4.98 Å². The zero-order valence-corrected chi connectivity index (χ0v) is 23.0. The molecule has 1 aliphatic carbocycles. The number of esters is 2. The van der Waals surface area contributed by atoms with Gasteiger partial charge in [0.1, 0.15) is 15.6 Å². The molecule has 1 heterocycles. The van der Waals surface area contributed by atoms with Crippen LogP contribution in [-0.4, -0.2) is 51.0 Å². The summed E-state index contributed by atoms with van der Waals surface area (Å²) in [6.07, 6.45) is 3.03. The Morgan fingerprint density at radius 2 is 1.87 bits per heavy atom. The van der Waals surface area contributed by atoms with E-state index in [0.717, 1.165) is 24.2 Å². The van der Waals surface area contributed by atoms with Crippen LogP contribution in [0.25, 0.3) is 10.6 Å². The minimum absolute atomic E-state index is 0.136. The van der Waals surface area contributed by atoms with E-state index in [1.807, 2.05) is 31.2 Å². The van der Waals surface area contributed by atoms with Crippen LogP contribution in [0.4, 0.5) is 0 Å². The highest BCUT2D eigenvalue weighted by Crippen LogP contribution is 2.38. The first-order chi connectivity index (χ1) is 18.4. The lowest BCUT2D eigenvalue weighted by atomic mass is 9.98. The van der Waals surface area contributed by atoms with Crippen molar-refractivity contribution in [3.8, 4) is 27.8 Å². The van der Waals surface area contributed by atoms with Gasteiger partial charge in [-0.2, -0.15) is 0 Å². The number of aromatic nitrogens is 1. The van der Waals surface area contributed by atoms with Crippen LogP contribution in [-0.2, 0) is 20.7 Å². The third kappa shape index (κ3) is 6.45. The third-order valence-corrected chi connectivity index (χ3v) is 7.61. The molecule has 38 heavy (non-hydrogen) atoms. The highest BCUT2D eigenvalue weighted by atomic mass is 32.1. The summed E-state index contributed by atoms with van der Waals surface area (Å²) in [5.74, 6) is 1.74. The number of hydrogen-bond acceptors (Lipinski definition) is 9. The molecule has 4 rings (SSSR count). The van der Waals surface area contributed by atoms with Gasteiger partial charge in [0.25, 0.3) is 0 Å². The summed E-state index contributed by atoms with van der Waals surface area (Å²) in [7, 11) is 2.95. The highest BCUT2D eigenvalue weighted by Gasteiger charge is 2.25. The first-order valence-electron chi connectivity index (χ1n) is 12.7. The fourth-order valence-corrected chi connectivity index (χ4v) is 5.54. The van der Waals surface area contributed by atoms with Crippen LogP contribution in [0.2, 0.25) is 0 Å². The Bertz CT molecular complexity index is 1290. The molecule has 0 saturated carbocycles. The predicted octanol–water partition coefficient (Wildman–Crippen LogP) is 5.74. The summed E-state index contributed by atoms with van der Waals surface area (Å²) in [5.41, 5.74) is 3.93. The van der Waals surface area contributed by atoms with Crippen LogP contribution >= 0.6 is 11.3 Å². The highest BCUT2D eigenvalue weighted by molar-refractivity contribution is 7.17. The lowest BCUT2D eigenvalue weighted by Crippen LogP contribution is -2.08. The number of fused-ring (bicyclic) bond motifs is 1. The van der Waals surface area contributed by atoms with Crippen LogP contribution in [0.15, 0.2) is 36.4 Å². The molecular weight excluding hydrogens is 506 g/mol. The van der Waals surface area contributed by atoms with Gasteiger partial charge in [0, 0.05) is 12.0 Å². The minimum Gasteiger partial charge on any atom is -0.493 e. The monoisotopic (exact) mass is 539 g/mol. The van der Waals surface area contributed by atoms with Gasteiger partial charge in [-0.25, -0.2) is 9.78 Å². The van der Waals surface area contributed by atoms with E-state index in [1.54, 1.807) is 14.0 Å². The Balaban J connectivity index is 1.28. The molecule has 8 nitrogen and oxygen atoms in total. The molecule has 0 unspecified atom stereocenters. The second-order valence-electron chi connectivity index (χ2n) is 8.95. The van der Waals surface area contributed by atoms with E-state index in [1.165, 1.54) is 29.6 Å². The summed E-state index contributed by atoms with van der Waals surface area (Å²) < 4.78 is 27.4. The molecule has 0 aliphatic heterocycles. The Kier molecular flexibility index (Phi) is 9.23. The topological polar surface area (TPSA) is 93.2 Å². The molecule has 3 aromatic rings. The van der Waals surface area contributed by atoms with Crippen molar-refractivity contribution in [2.24, 2.45) is 0 Å². The first-order valence-corrected chi connectivity index (χ1v) is 13.5. The van der Waals surface area contributed by atoms with Gasteiger partial charge in [-0.1, -0.05) is 6.07 Å². The summed E-state index contributed by atoms with van der Waals surface area (Å²) in [6, 6.07) is 11.7. The molecule has 0 N–H and O–H groups in total. The van der Waals surface area contributed by atoms with E-state index >= 15 is 0 Å². The van der Waals surface area contributed by atoms with E-state index in [9.17, 15) is 9.59 Å². The number of rotatable bonds is 12. The van der Waals surface area contributed by atoms with Gasteiger partial charge in [0.15, 0.2) is 11.5 Å². The molecule has 0 amide bonds. The van der Waals surface area contributed by atoms with Crippen molar-refractivity contribution in [1.29, 1.82) is 0 Å². The van der Waals surface area contributed by atoms with E-state index < -0.39 is 5.97 Å². The zero-order valence-electron chi connectivity index (χ0n) is 22.2. The fraction of sp³-hybridized carbons (Fsp3) is 0.414.